The Morgan fingerprint density at radius 1 is 1.29 bits per heavy atom. The van der Waals surface area contributed by atoms with Crippen molar-refractivity contribution in [3.05, 3.63) is 52.2 Å². The molecule has 2 aromatic rings. The van der Waals surface area contributed by atoms with Crippen molar-refractivity contribution in [2.45, 2.75) is 31.7 Å². The van der Waals surface area contributed by atoms with Crippen LogP contribution in [0.3, 0.4) is 0 Å². The molecule has 0 aliphatic carbocycles. The number of hydrogen-bond donors (Lipinski definition) is 1. The number of benzene rings is 1. The van der Waals surface area contributed by atoms with E-state index in [0.29, 0.717) is 12.0 Å². The number of fused-ring (bicyclic) bond motifs is 1. The van der Waals surface area contributed by atoms with Gasteiger partial charge >= 0.3 is 0 Å². The van der Waals surface area contributed by atoms with Crippen molar-refractivity contribution in [3.8, 4) is 0 Å². The molecule has 21 heavy (non-hydrogen) atoms. The first-order valence-electron chi connectivity index (χ1n) is 7.79. The van der Waals surface area contributed by atoms with Gasteiger partial charge < -0.3 is 10.2 Å². The third kappa shape index (κ3) is 3.47. The second-order valence-corrected chi connectivity index (χ2v) is 7.10. The summed E-state index contributed by atoms with van der Waals surface area (Å²) in [6.45, 7) is 4.58. The third-order valence-corrected chi connectivity index (χ3v) is 5.45. The Balaban J connectivity index is 1.64. The van der Waals surface area contributed by atoms with E-state index in [4.69, 9.17) is 0 Å². The minimum Gasteiger partial charge on any atom is -0.385 e. The van der Waals surface area contributed by atoms with E-state index in [0.717, 1.165) is 19.5 Å². The van der Waals surface area contributed by atoms with Gasteiger partial charge in [0.25, 0.3) is 0 Å². The molecule has 112 valence electrons. The maximum atomic E-state index is 3.51. The molecule has 0 amide bonds. The molecule has 0 saturated carbocycles. The highest BCUT2D eigenvalue weighted by atomic mass is 32.1. The quantitative estimate of drug-likeness (QED) is 0.890. The van der Waals surface area contributed by atoms with Crippen LogP contribution in [0.4, 0.5) is 5.69 Å². The molecule has 3 heteroatoms. The number of hydrogen-bond acceptors (Lipinski definition) is 3. The molecule has 1 aromatic carbocycles. The topological polar surface area (TPSA) is 15.3 Å². The molecule has 0 spiro atoms. The average Bonchev–Trinajstić information content (AvgIpc) is 3.00. The molecule has 2 nitrogen and oxygen atoms in total. The fourth-order valence-corrected chi connectivity index (χ4v) is 3.97. The van der Waals surface area contributed by atoms with Crippen molar-refractivity contribution >= 4 is 17.0 Å². The first-order chi connectivity index (χ1) is 10.2. The monoisotopic (exact) mass is 300 g/mol. The highest BCUT2D eigenvalue weighted by Gasteiger charge is 2.22. The summed E-state index contributed by atoms with van der Waals surface area (Å²) in [7, 11) is 2.27. The van der Waals surface area contributed by atoms with Crippen LogP contribution in [-0.4, -0.2) is 31.1 Å². The number of nitrogens with zero attached hydrogens (tertiary/aromatic N) is 1. The zero-order valence-corrected chi connectivity index (χ0v) is 13.7. The number of thiophene rings is 1. The molecule has 1 aromatic heterocycles. The molecule has 1 N–H and O–H groups in total. The lowest BCUT2D eigenvalue weighted by molar-refractivity contribution is 0.237. The molecular formula is C18H24N2S. The number of para-hydroxylation sites is 1. The number of likely N-dealkylation sites (N-methyl/N-ethyl adjacent to an activating group) is 1. The summed E-state index contributed by atoms with van der Waals surface area (Å²) in [4.78, 5) is 4.01. The van der Waals surface area contributed by atoms with Gasteiger partial charge in [-0.1, -0.05) is 24.3 Å². The van der Waals surface area contributed by atoms with Crippen LogP contribution in [0, 0.1) is 0 Å². The SMILES string of the molecule is CC(Cc1cccs1)N(C)CC1CCNc2ccccc21. The van der Waals surface area contributed by atoms with E-state index in [9.17, 15) is 0 Å². The van der Waals surface area contributed by atoms with Crippen LogP contribution in [0.15, 0.2) is 41.8 Å². The van der Waals surface area contributed by atoms with E-state index in [1.54, 1.807) is 0 Å². The van der Waals surface area contributed by atoms with Gasteiger partial charge in [-0.3, -0.25) is 0 Å². The number of anilines is 1. The number of nitrogens with one attached hydrogen (secondary N) is 1. The molecule has 1 aliphatic heterocycles. The zero-order valence-electron chi connectivity index (χ0n) is 12.9. The van der Waals surface area contributed by atoms with Crippen molar-refractivity contribution in [3.63, 3.8) is 0 Å². The van der Waals surface area contributed by atoms with Crippen LogP contribution in [0.25, 0.3) is 0 Å². The lowest BCUT2D eigenvalue weighted by Crippen LogP contribution is -2.35. The van der Waals surface area contributed by atoms with Crippen LogP contribution in [0.5, 0.6) is 0 Å². The minimum absolute atomic E-state index is 0.589. The fourth-order valence-electron chi connectivity index (χ4n) is 3.14. The molecule has 0 bridgehead atoms. The molecular weight excluding hydrogens is 276 g/mol. The van der Waals surface area contributed by atoms with E-state index in [1.807, 2.05) is 11.3 Å². The van der Waals surface area contributed by atoms with Gasteiger partial charge in [0.2, 0.25) is 0 Å². The Hall–Kier alpha value is -1.32. The minimum atomic E-state index is 0.589. The summed E-state index contributed by atoms with van der Waals surface area (Å²) in [5.41, 5.74) is 2.81. The molecule has 0 radical (unpaired) electrons. The van der Waals surface area contributed by atoms with E-state index in [-0.39, 0.29) is 0 Å². The van der Waals surface area contributed by atoms with Gasteiger partial charge in [0.1, 0.15) is 0 Å². The summed E-state index contributed by atoms with van der Waals surface area (Å²) in [5, 5.41) is 5.69. The van der Waals surface area contributed by atoms with Gasteiger partial charge in [-0.25, -0.2) is 0 Å². The highest BCUT2D eigenvalue weighted by molar-refractivity contribution is 7.09. The molecule has 2 atom stereocenters. The van der Waals surface area contributed by atoms with Crippen molar-refractivity contribution < 1.29 is 0 Å². The van der Waals surface area contributed by atoms with Crippen molar-refractivity contribution in [1.29, 1.82) is 0 Å². The summed E-state index contributed by atoms with van der Waals surface area (Å²) >= 11 is 1.87. The predicted octanol–water partition coefficient (Wildman–Crippen LogP) is 4.21. The Kier molecular flexibility index (Phi) is 4.61. The largest absolute Gasteiger partial charge is 0.385 e. The lowest BCUT2D eigenvalue weighted by atomic mass is 9.90. The van der Waals surface area contributed by atoms with Gasteiger partial charge in [0.05, 0.1) is 0 Å². The van der Waals surface area contributed by atoms with Gasteiger partial charge in [-0.05, 0) is 49.9 Å². The highest BCUT2D eigenvalue weighted by Crippen LogP contribution is 2.32. The Morgan fingerprint density at radius 3 is 2.95 bits per heavy atom. The first kappa shape index (κ1) is 14.6. The summed E-state index contributed by atoms with van der Waals surface area (Å²) in [5.74, 6) is 0.651. The van der Waals surface area contributed by atoms with Crippen LogP contribution < -0.4 is 5.32 Å². The van der Waals surface area contributed by atoms with Gasteiger partial charge in [-0.15, -0.1) is 11.3 Å². The van der Waals surface area contributed by atoms with Crippen molar-refractivity contribution in [1.82, 2.24) is 4.90 Å². The summed E-state index contributed by atoms with van der Waals surface area (Å²) in [6, 6.07) is 13.8. The van der Waals surface area contributed by atoms with E-state index >= 15 is 0 Å². The molecule has 3 rings (SSSR count). The molecule has 0 saturated heterocycles. The Labute approximate surface area is 131 Å². The fraction of sp³-hybridized carbons (Fsp3) is 0.444. The zero-order chi connectivity index (χ0) is 14.7. The molecule has 1 aliphatic rings. The van der Waals surface area contributed by atoms with Gasteiger partial charge in [0.15, 0.2) is 0 Å². The van der Waals surface area contributed by atoms with Crippen molar-refractivity contribution in [2.24, 2.45) is 0 Å². The van der Waals surface area contributed by atoms with Crippen LogP contribution in [0.2, 0.25) is 0 Å². The molecule has 2 unspecified atom stereocenters. The Morgan fingerprint density at radius 2 is 2.14 bits per heavy atom. The first-order valence-corrected chi connectivity index (χ1v) is 8.67. The maximum absolute atomic E-state index is 3.51. The average molecular weight is 300 g/mol. The summed E-state index contributed by atoms with van der Waals surface area (Å²) in [6.07, 6.45) is 2.38. The van der Waals surface area contributed by atoms with Crippen molar-refractivity contribution in [2.75, 3.05) is 25.5 Å². The third-order valence-electron chi connectivity index (χ3n) is 4.55. The predicted molar refractivity (Wildman–Crippen MR) is 92.4 cm³/mol. The molecule has 0 fully saturated rings. The lowest BCUT2D eigenvalue weighted by Gasteiger charge is -2.33. The van der Waals surface area contributed by atoms with Crippen LogP contribution in [-0.2, 0) is 6.42 Å². The number of rotatable bonds is 5. The second-order valence-electron chi connectivity index (χ2n) is 6.07. The van der Waals surface area contributed by atoms with E-state index in [1.165, 1.54) is 22.5 Å². The van der Waals surface area contributed by atoms with Gasteiger partial charge in [0, 0.05) is 35.6 Å². The normalized spacial score (nSPS) is 19.1. The maximum Gasteiger partial charge on any atom is 0.0376 e. The second kappa shape index (κ2) is 6.63. The van der Waals surface area contributed by atoms with E-state index < -0.39 is 0 Å². The van der Waals surface area contributed by atoms with Crippen LogP contribution >= 0.6 is 11.3 Å². The van der Waals surface area contributed by atoms with Gasteiger partial charge in [-0.2, -0.15) is 0 Å². The smallest absolute Gasteiger partial charge is 0.0376 e. The Bertz CT molecular complexity index is 564. The van der Waals surface area contributed by atoms with Crippen LogP contribution in [0.1, 0.15) is 29.7 Å². The molecule has 2 heterocycles. The van der Waals surface area contributed by atoms with E-state index in [2.05, 4.69) is 66.0 Å². The summed E-state index contributed by atoms with van der Waals surface area (Å²) < 4.78 is 0. The standard InChI is InChI=1S/C18H24N2S/c1-14(12-16-6-5-11-21-16)20(2)13-15-9-10-19-18-8-4-3-7-17(15)18/h3-8,11,14-15,19H,9-10,12-13H2,1-2H3.